The van der Waals surface area contributed by atoms with Gasteiger partial charge in [-0.2, -0.15) is 0 Å². The Morgan fingerprint density at radius 3 is 2.89 bits per heavy atom. The highest BCUT2D eigenvalue weighted by molar-refractivity contribution is 7.71. The number of aromatic nitrogens is 2. The molecule has 0 saturated heterocycles. The number of aryl methyl sites for hydroxylation is 1. The van der Waals surface area contributed by atoms with Crippen molar-refractivity contribution in [2.75, 3.05) is 0 Å². The molecule has 0 amide bonds. The fourth-order valence-corrected chi connectivity index (χ4v) is 0.783. The smallest absolute Gasteiger partial charge is 0.148 e. The number of H-pyrrole nitrogens is 1. The zero-order chi connectivity index (χ0) is 6.85. The SMILES string of the molecule is Cc1[nH]c(=S)cnc1Cl. The van der Waals surface area contributed by atoms with Crippen LogP contribution < -0.4 is 0 Å². The van der Waals surface area contributed by atoms with E-state index in [4.69, 9.17) is 23.8 Å². The maximum atomic E-state index is 5.59. The van der Waals surface area contributed by atoms with E-state index < -0.39 is 0 Å². The highest BCUT2D eigenvalue weighted by atomic mass is 35.5. The molecular weight excluding hydrogens is 156 g/mol. The summed E-state index contributed by atoms with van der Waals surface area (Å²) in [4.78, 5) is 6.67. The summed E-state index contributed by atoms with van der Waals surface area (Å²) in [6.45, 7) is 1.82. The van der Waals surface area contributed by atoms with Crippen LogP contribution in [-0.2, 0) is 0 Å². The van der Waals surface area contributed by atoms with Gasteiger partial charge in [-0.05, 0) is 6.92 Å². The third-order valence-electron chi connectivity index (χ3n) is 0.915. The Labute approximate surface area is 62.9 Å². The molecule has 0 fully saturated rings. The van der Waals surface area contributed by atoms with Gasteiger partial charge in [0.2, 0.25) is 0 Å². The van der Waals surface area contributed by atoms with Gasteiger partial charge in [0.05, 0.1) is 11.9 Å². The first kappa shape index (κ1) is 6.71. The third-order valence-corrected chi connectivity index (χ3v) is 1.50. The van der Waals surface area contributed by atoms with Crippen molar-refractivity contribution in [2.45, 2.75) is 6.92 Å². The van der Waals surface area contributed by atoms with Crippen LogP contribution in [0.2, 0.25) is 5.15 Å². The molecule has 0 aliphatic heterocycles. The Kier molecular flexibility index (Phi) is 1.83. The number of aromatic amines is 1. The number of nitrogens with zero attached hydrogens (tertiary/aromatic N) is 1. The second kappa shape index (κ2) is 2.45. The quantitative estimate of drug-likeness (QED) is 0.589. The molecule has 1 heterocycles. The third kappa shape index (κ3) is 1.50. The Balaban J connectivity index is 3.34. The number of hydrogen-bond acceptors (Lipinski definition) is 2. The van der Waals surface area contributed by atoms with Crippen LogP contribution in [0.15, 0.2) is 6.20 Å². The van der Waals surface area contributed by atoms with Crippen molar-refractivity contribution in [3.63, 3.8) is 0 Å². The molecule has 0 bridgehead atoms. The van der Waals surface area contributed by atoms with Crippen LogP contribution >= 0.6 is 23.8 Å². The first-order valence-corrected chi connectivity index (χ1v) is 3.20. The number of nitrogens with one attached hydrogen (secondary N) is 1. The van der Waals surface area contributed by atoms with Crippen LogP contribution in [0.3, 0.4) is 0 Å². The van der Waals surface area contributed by atoms with E-state index >= 15 is 0 Å². The van der Waals surface area contributed by atoms with E-state index in [2.05, 4.69) is 9.97 Å². The summed E-state index contributed by atoms with van der Waals surface area (Å²) in [5.74, 6) is 0. The molecular formula is C5H5ClN2S. The van der Waals surface area contributed by atoms with Crippen LogP contribution in [0, 0.1) is 11.6 Å². The van der Waals surface area contributed by atoms with Gasteiger partial charge in [-0.15, -0.1) is 0 Å². The molecule has 0 aromatic carbocycles. The van der Waals surface area contributed by atoms with E-state index in [1.807, 2.05) is 6.92 Å². The summed E-state index contributed by atoms with van der Waals surface area (Å²) in [7, 11) is 0. The largest absolute Gasteiger partial charge is 0.346 e. The van der Waals surface area contributed by atoms with Crippen molar-refractivity contribution in [3.8, 4) is 0 Å². The lowest BCUT2D eigenvalue weighted by Gasteiger charge is -1.92. The Bertz CT molecular complexity index is 268. The van der Waals surface area contributed by atoms with Crippen molar-refractivity contribution in [1.29, 1.82) is 0 Å². The molecule has 0 atom stereocenters. The van der Waals surface area contributed by atoms with Crippen LogP contribution in [0.4, 0.5) is 0 Å². The minimum atomic E-state index is 0.476. The molecule has 1 N–H and O–H groups in total. The van der Waals surface area contributed by atoms with E-state index in [1.54, 1.807) is 0 Å². The maximum Gasteiger partial charge on any atom is 0.148 e. The molecule has 0 aliphatic rings. The van der Waals surface area contributed by atoms with Gasteiger partial charge in [-0.1, -0.05) is 23.8 Å². The normalized spacial score (nSPS) is 9.56. The summed E-state index contributed by atoms with van der Waals surface area (Å²) < 4.78 is 0.608. The summed E-state index contributed by atoms with van der Waals surface area (Å²) >= 11 is 10.4. The van der Waals surface area contributed by atoms with E-state index in [0.717, 1.165) is 5.69 Å². The summed E-state index contributed by atoms with van der Waals surface area (Å²) in [6.07, 6.45) is 1.52. The summed E-state index contributed by atoms with van der Waals surface area (Å²) in [5.41, 5.74) is 0.809. The molecule has 0 saturated carbocycles. The standard InChI is InChI=1S/C5H5ClN2S/c1-3-5(6)7-2-4(9)8-3/h2H,1H3,(H,8,9). The molecule has 0 unspecified atom stereocenters. The topological polar surface area (TPSA) is 28.7 Å². The van der Waals surface area contributed by atoms with E-state index in [0.29, 0.717) is 9.79 Å². The van der Waals surface area contributed by atoms with Gasteiger partial charge in [0.1, 0.15) is 9.79 Å². The molecule has 2 nitrogen and oxygen atoms in total. The van der Waals surface area contributed by atoms with Crippen LogP contribution in [0.25, 0.3) is 0 Å². The number of rotatable bonds is 0. The molecule has 0 radical (unpaired) electrons. The van der Waals surface area contributed by atoms with Crippen molar-refractivity contribution < 1.29 is 0 Å². The van der Waals surface area contributed by atoms with Gasteiger partial charge < -0.3 is 4.98 Å². The Morgan fingerprint density at radius 2 is 2.44 bits per heavy atom. The monoisotopic (exact) mass is 160 g/mol. The van der Waals surface area contributed by atoms with Crippen LogP contribution in [0.5, 0.6) is 0 Å². The zero-order valence-electron chi connectivity index (χ0n) is 4.81. The lowest BCUT2D eigenvalue weighted by molar-refractivity contribution is 1.10. The lowest BCUT2D eigenvalue weighted by Crippen LogP contribution is -1.85. The molecule has 9 heavy (non-hydrogen) atoms. The predicted molar refractivity (Wildman–Crippen MR) is 39.2 cm³/mol. The molecule has 4 heteroatoms. The number of hydrogen-bond donors (Lipinski definition) is 1. The van der Waals surface area contributed by atoms with Crippen LogP contribution in [-0.4, -0.2) is 9.97 Å². The molecule has 1 aromatic heterocycles. The fourth-order valence-electron chi connectivity index (χ4n) is 0.481. The first-order chi connectivity index (χ1) is 4.20. The van der Waals surface area contributed by atoms with E-state index in [-0.39, 0.29) is 0 Å². The highest BCUT2D eigenvalue weighted by Gasteiger charge is 1.91. The summed E-state index contributed by atoms with van der Waals surface area (Å²) in [5, 5.41) is 0.476. The van der Waals surface area contributed by atoms with Gasteiger partial charge in [-0.3, -0.25) is 0 Å². The molecule has 0 aliphatic carbocycles. The van der Waals surface area contributed by atoms with E-state index in [9.17, 15) is 0 Å². The zero-order valence-corrected chi connectivity index (χ0v) is 6.38. The van der Waals surface area contributed by atoms with Gasteiger partial charge in [-0.25, -0.2) is 4.98 Å². The molecule has 1 aromatic rings. The summed E-state index contributed by atoms with van der Waals surface area (Å²) in [6, 6.07) is 0. The average Bonchev–Trinajstić information content (AvgIpc) is 1.80. The fraction of sp³-hybridized carbons (Fsp3) is 0.200. The molecule has 1 rings (SSSR count). The van der Waals surface area contributed by atoms with Crippen molar-refractivity contribution in [2.24, 2.45) is 0 Å². The van der Waals surface area contributed by atoms with Gasteiger partial charge in [0, 0.05) is 0 Å². The average molecular weight is 161 g/mol. The predicted octanol–water partition coefficient (Wildman–Crippen LogP) is 2.10. The van der Waals surface area contributed by atoms with Crippen molar-refractivity contribution in [1.82, 2.24) is 9.97 Å². The van der Waals surface area contributed by atoms with Crippen LogP contribution in [0.1, 0.15) is 5.69 Å². The second-order valence-corrected chi connectivity index (χ2v) is 2.46. The van der Waals surface area contributed by atoms with Crippen molar-refractivity contribution in [3.05, 3.63) is 21.7 Å². The highest BCUT2D eigenvalue weighted by Crippen LogP contribution is 2.05. The van der Waals surface area contributed by atoms with E-state index in [1.165, 1.54) is 6.20 Å². The van der Waals surface area contributed by atoms with Gasteiger partial charge in [0.15, 0.2) is 0 Å². The minimum Gasteiger partial charge on any atom is -0.346 e. The number of halogens is 1. The second-order valence-electron chi connectivity index (χ2n) is 1.66. The Hall–Kier alpha value is -0.410. The Morgan fingerprint density at radius 1 is 1.78 bits per heavy atom. The van der Waals surface area contributed by atoms with Crippen molar-refractivity contribution >= 4 is 23.8 Å². The minimum absolute atomic E-state index is 0.476. The maximum absolute atomic E-state index is 5.59. The first-order valence-electron chi connectivity index (χ1n) is 2.41. The van der Waals surface area contributed by atoms with Gasteiger partial charge >= 0.3 is 0 Å². The van der Waals surface area contributed by atoms with Gasteiger partial charge in [0.25, 0.3) is 0 Å². The lowest BCUT2D eigenvalue weighted by atomic mass is 10.5. The molecule has 0 spiro atoms. The molecule has 48 valence electrons.